The Morgan fingerprint density at radius 1 is 1.00 bits per heavy atom. The minimum absolute atomic E-state index is 0.216. The molecule has 0 aliphatic rings. The number of ether oxygens (including phenoxy) is 1. The number of halogens is 7. The molecule has 0 fully saturated rings. The maximum atomic E-state index is 13.2. The number of alkyl halides is 7. The van der Waals surface area contributed by atoms with E-state index in [4.69, 9.17) is 0 Å². The molecule has 29 heavy (non-hydrogen) atoms. The van der Waals surface area contributed by atoms with Crippen molar-refractivity contribution in [3.05, 3.63) is 58.7 Å². The Kier molecular flexibility index (Phi) is 6.44. The van der Waals surface area contributed by atoms with Gasteiger partial charge in [-0.05, 0) is 44.2 Å². The zero-order valence-corrected chi connectivity index (χ0v) is 15.2. The number of anilines is 1. The van der Waals surface area contributed by atoms with Crippen LogP contribution in [0.25, 0.3) is 0 Å². The van der Waals surface area contributed by atoms with Crippen LogP contribution in [0.2, 0.25) is 0 Å². The van der Waals surface area contributed by atoms with Gasteiger partial charge in [0, 0.05) is 11.3 Å². The number of amides is 1. The highest BCUT2D eigenvalue weighted by atomic mass is 19.4. The molecule has 0 saturated carbocycles. The molecule has 10 heteroatoms. The van der Waals surface area contributed by atoms with Crippen LogP contribution >= 0.6 is 0 Å². The number of benzene rings is 2. The van der Waals surface area contributed by atoms with E-state index in [2.05, 4.69) is 10.1 Å². The molecule has 3 nitrogen and oxygen atoms in total. The number of aryl methyl sites for hydroxylation is 2. The summed E-state index contributed by atoms with van der Waals surface area (Å²) < 4.78 is 94.3. The third-order valence-electron chi connectivity index (χ3n) is 3.77. The molecule has 158 valence electrons. The molecule has 0 bridgehead atoms. The van der Waals surface area contributed by atoms with E-state index in [-0.39, 0.29) is 11.3 Å². The lowest BCUT2D eigenvalue weighted by Gasteiger charge is -2.19. The molecule has 1 N–H and O–H groups in total. The van der Waals surface area contributed by atoms with Gasteiger partial charge in [-0.25, -0.2) is 8.78 Å². The normalized spacial score (nSPS) is 12.2. The third-order valence-corrected chi connectivity index (χ3v) is 3.77. The molecule has 0 saturated heterocycles. The first-order valence-electron chi connectivity index (χ1n) is 8.19. The van der Waals surface area contributed by atoms with Crippen molar-refractivity contribution in [1.82, 2.24) is 0 Å². The number of hydrogen-bond donors (Lipinski definition) is 1. The van der Waals surface area contributed by atoms with E-state index in [0.29, 0.717) is 12.1 Å². The van der Waals surface area contributed by atoms with Gasteiger partial charge < -0.3 is 10.1 Å². The van der Waals surface area contributed by atoms with Crippen LogP contribution in [0.15, 0.2) is 36.4 Å². The van der Waals surface area contributed by atoms with Crippen molar-refractivity contribution in [2.24, 2.45) is 0 Å². The van der Waals surface area contributed by atoms with E-state index < -0.39 is 42.4 Å². The quantitative estimate of drug-likeness (QED) is 0.592. The molecule has 0 heterocycles. The van der Waals surface area contributed by atoms with Gasteiger partial charge in [0.2, 0.25) is 0 Å². The van der Waals surface area contributed by atoms with Crippen LogP contribution in [0, 0.1) is 13.8 Å². The van der Waals surface area contributed by atoms with Crippen LogP contribution in [0.1, 0.15) is 27.0 Å². The number of nitrogens with one attached hydrogen (secondary N) is 1. The molecule has 0 atom stereocenters. The van der Waals surface area contributed by atoms with Gasteiger partial charge in [-0.3, -0.25) is 4.79 Å². The molecular weight excluding hydrogens is 407 g/mol. The minimum Gasteiger partial charge on any atom is -0.486 e. The maximum absolute atomic E-state index is 13.2. The molecule has 2 rings (SSSR count). The van der Waals surface area contributed by atoms with E-state index >= 15 is 0 Å². The Morgan fingerprint density at radius 2 is 1.59 bits per heavy atom. The van der Waals surface area contributed by atoms with Crippen molar-refractivity contribution in [3.8, 4) is 5.75 Å². The van der Waals surface area contributed by atoms with Crippen molar-refractivity contribution < 1.29 is 40.3 Å². The van der Waals surface area contributed by atoms with Crippen LogP contribution in [0.3, 0.4) is 0 Å². The van der Waals surface area contributed by atoms with Gasteiger partial charge in [0.25, 0.3) is 5.91 Å². The Balaban J connectivity index is 2.27. The van der Waals surface area contributed by atoms with Crippen LogP contribution in [0.5, 0.6) is 5.75 Å². The second kappa shape index (κ2) is 8.30. The lowest BCUT2D eigenvalue weighted by Crippen LogP contribution is -2.34. The molecular formula is C19H16F7NO2. The summed E-state index contributed by atoms with van der Waals surface area (Å²) in [4.78, 5) is 12.3. The van der Waals surface area contributed by atoms with Gasteiger partial charge in [0.05, 0.1) is 5.56 Å². The molecule has 0 aromatic heterocycles. The van der Waals surface area contributed by atoms with Gasteiger partial charge in [0.1, 0.15) is 5.75 Å². The van der Waals surface area contributed by atoms with Crippen LogP contribution < -0.4 is 10.1 Å². The summed E-state index contributed by atoms with van der Waals surface area (Å²) in [5.41, 5.74) is 0.00729. The van der Waals surface area contributed by atoms with Crippen molar-refractivity contribution in [1.29, 1.82) is 0 Å². The average molecular weight is 423 g/mol. The topological polar surface area (TPSA) is 38.3 Å². The second-order valence-corrected chi connectivity index (χ2v) is 6.39. The first-order valence-corrected chi connectivity index (χ1v) is 8.19. The highest BCUT2D eigenvalue weighted by Gasteiger charge is 2.43. The first kappa shape index (κ1) is 22.5. The van der Waals surface area contributed by atoms with Gasteiger partial charge in [-0.1, -0.05) is 17.2 Å². The van der Waals surface area contributed by atoms with Gasteiger partial charge in [-0.2, -0.15) is 22.0 Å². The smallest absolute Gasteiger partial charge is 0.420 e. The molecule has 0 aliphatic heterocycles. The summed E-state index contributed by atoms with van der Waals surface area (Å²) in [6.45, 7) is 1.56. The van der Waals surface area contributed by atoms with E-state index in [1.807, 2.05) is 0 Å². The molecule has 0 spiro atoms. The SMILES string of the molecule is Cc1cc(C)cc(C(=O)Nc2ccc(OCC(F)(F)C(F)F)c(C(F)(F)F)c2)c1. The highest BCUT2D eigenvalue weighted by Crippen LogP contribution is 2.38. The zero-order valence-electron chi connectivity index (χ0n) is 15.2. The molecule has 0 aliphatic carbocycles. The highest BCUT2D eigenvalue weighted by molar-refractivity contribution is 6.04. The van der Waals surface area contributed by atoms with E-state index in [0.717, 1.165) is 17.2 Å². The predicted octanol–water partition coefficient (Wildman–Crippen LogP) is 5.85. The molecule has 0 unspecified atom stereocenters. The fourth-order valence-corrected chi connectivity index (χ4v) is 2.50. The molecule has 2 aromatic rings. The van der Waals surface area contributed by atoms with Gasteiger partial charge >= 0.3 is 18.5 Å². The number of carbonyl (C=O) groups is 1. The Hall–Kier alpha value is -2.78. The third kappa shape index (κ3) is 5.85. The molecule has 0 radical (unpaired) electrons. The zero-order chi connectivity index (χ0) is 22.0. The summed E-state index contributed by atoms with van der Waals surface area (Å²) in [5, 5.41) is 2.28. The van der Waals surface area contributed by atoms with Crippen molar-refractivity contribution in [2.45, 2.75) is 32.4 Å². The minimum atomic E-state index is -5.03. The van der Waals surface area contributed by atoms with E-state index in [1.54, 1.807) is 19.9 Å². The van der Waals surface area contributed by atoms with Crippen LogP contribution in [-0.4, -0.2) is 24.9 Å². The summed E-state index contributed by atoms with van der Waals surface area (Å²) in [6, 6.07) is 7.04. The summed E-state index contributed by atoms with van der Waals surface area (Å²) >= 11 is 0. The average Bonchev–Trinajstić information content (AvgIpc) is 2.58. The predicted molar refractivity (Wildman–Crippen MR) is 91.8 cm³/mol. The number of rotatable bonds is 6. The lowest BCUT2D eigenvalue weighted by atomic mass is 10.1. The number of hydrogen-bond acceptors (Lipinski definition) is 2. The summed E-state index contributed by atoms with van der Waals surface area (Å²) in [5.74, 6) is -6.34. The Bertz CT molecular complexity index is 874. The standard InChI is InChI=1S/C19H16F7NO2/c1-10-5-11(2)7-12(6-10)16(28)27-13-3-4-15(14(8-13)19(24,25)26)29-9-18(22,23)17(20)21/h3-8,17H,9H2,1-2H3,(H,27,28). The van der Waals surface area contributed by atoms with Crippen molar-refractivity contribution >= 4 is 11.6 Å². The fraction of sp³-hybridized carbons (Fsp3) is 0.316. The Morgan fingerprint density at radius 3 is 2.10 bits per heavy atom. The number of carbonyl (C=O) groups excluding carboxylic acids is 1. The second-order valence-electron chi connectivity index (χ2n) is 6.39. The molecule has 2 aromatic carbocycles. The first-order chi connectivity index (χ1) is 13.3. The maximum Gasteiger partial charge on any atom is 0.420 e. The summed E-state index contributed by atoms with van der Waals surface area (Å²) in [7, 11) is 0. The van der Waals surface area contributed by atoms with E-state index in [9.17, 15) is 35.5 Å². The van der Waals surface area contributed by atoms with Crippen LogP contribution in [0.4, 0.5) is 36.4 Å². The molecule has 1 amide bonds. The van der Waals surface area contributed by atoms with Gasteiger partial charge in [0.15, 0.2) is 6.61 Å². The largest absolute Gasteiger partial charge is 0.486 e. The van der Waals surface area contributed by atoms with Crippen molar-refractivity contribution in [2.75, 3.05) is 11.9 Å². The monoisotopic (exact) mass is 423 g/mol. The van der Waals surface area contributed by atoms with Crippen molar-refractivity contribution in [3.63, 3.8) is 0 Å². The fourth-order valence-electron chi connectivity index (χ4n) is 2.50. The Labute approximate surface area is 161 Å². The van der Waals surface area contributed by atoms with E-state index in [1.165, 1.54) is 12.1 Å². The van der Waals surface area contributed by atoms with Crippen LogP contribution in [-0.2, 0) is 6.18 Å². The lowest BCUT2D eigenvalue weighted by molar-refractivity contribution is -0.153. The van der Waals surface area contributed by atoms with Gasteiger partial charge in [-0.15, -0.1) is 0 Å². The summed E-state index contributed by atoms with van der Waals surface area (Å²) in [6.07, 6.45) is -9.12.